The van der Waals surface area contributed by atoms with Gasteiger partial charge in [-0.2, -0.15) is 0 Å². The van der Waals surface area contributed by atoms with Gasteiger partial charge in [0.2, 0.25) is 0 Å². The quantitative estimate of drug-likeness (QED) is 0.781. The van der Waals surface area contributed by atoms with Crippen molar-refractivity contribution in [3.8, 4) is 5.75 Å². The second-order valence-corrected chi connectivity index (χ2v) is 5.19. The van der Waals surface area contributed by atoms with E-state index in [1.54, 1.807) is 0 Å². The second-order valence-electron chi connectivity index (χ2n) is 3.86. The average Bonchev–Trinajstić information content (AvgIpc) is 2.31. The van der Waals surface area contributed by atoms with Crippen molar-refractivity contribution < 1.29 is 18.7 Å². The number of hydrogen-bond donors (Lipinski definition) is 2. The summed E-state index contributed by atoms with van der Waals surface area (Å²) in [7, 11) is 0. The lowest BCUT2D eigenvalue weighted by Crippen LogP contribution is -2.16. The molecule has 0 spiro atoms. The van der Waals surface area contributed by atoms with E-state index >= 15 is 0 Å². The van der Waals surface area contributed by atoms with Crippen LogP contribution in [0, 0.1) is 11.6 Å². The first kappa shape index (κ1) is 14.7. The van der Waals surface area contributed by atoms with E-state index in [0.717, 1.165) is 12.1 Å². The normalized spacial score (nSPS) is 10.4. The van der Waals surface area contributed by atoms with Crippen molar-refractivity contribution in [3.63, 3.8) is 0 Å². The fourth-order valence-corrected chi connectivity index (χ4v) is 2.17. The van der Waals surface area contributed by atoms with E-state index in [0.29, 0.717) is 0 Å². The molecule has 0 saturated carbocycles. The number of amides is 1. The molecule has 0 unspecified atom stereocenters. The highest BCUT2D eigenvalue weighted by molar-refractivity contribution is 9.10. The molecule has 2 aromatic carbocycles. The topological polar surface area (TPSA) is 49.3 Å². The summed E-state index contributed by atoms with van der Waals surface area (Å²) in [5.74, 6) is -3.05. The molecule has 0 saturated heterocycles. The van der Waals surface area contributed by atoms with Gasteiger partial charge in [-0.25, -0.2) is 8.78 Å². The van der Waals surface area contributed by atoms with E-state index in [2.05, 4.69) is 21.2 Å². The molecule has 20 heavy (non-hydrogen) atoms. The highest BCUT2D eigenvalue weighted by atomic mass is 79.9. The molecular formula is C13H7BrClF2NO2. The van der Waals surface area contributed by atoms with Gasteiger partial charge in [0.1, 0.15) is 22.9 Å². The standard InChI is InChI=1S/C13H7BrClF2NO2/c14-6-3-9(16)12(10(17)4-6)13(20)18-11-2-1-7(19)5-8(11)15/h1-5,19H,(H,18,20). The van der Waals surface area contributed by atoms with Gasteiger partial charge in [-0.3, -0.25) is 4.79 Å². The van der Waals surface area contributed by atoms with E-state index in [9.17, 15) is 18.7 Å². The van der Waals surface area contributed by atoms with Crippen LogP contribution in [0.15, 0.2) is 34.8 Å². The third-order valence-electron chi connectivity index (χ3n) is 2.43. The monoisotopic (exact) mass is 361 g/mol. The molecular weight excluding hydrogens is 356 g/mol. The maximum Gasteiger partial charge on any atom is 0.261 e. The summed E-state index contributed by atoms with van der Waals surface area (Å²) in [6.45, 7) is 0. The van der Waals surface area contributed by atoms with Gasteiger partial charge in [0.15, 0.2) is 0 Å². The summed E-state index contributed by atoms with van der Waals surface area (Å²) >= 11 is 8.72. The predicted octanol–water partition coefficient (Wildman–Crippen LogP) is 4.34. The lowest BCUT2D eigenvalue weighted by Gasteiger charge is -2.09. The van der Waals surface area contributed by atoms with Crippen molar-refractivity contribution in [1.82, 2.24) is 0 Å². The van der Waals surface area contributed by atoms with E-state index in [-0.39, 0.29) is 20.9 Å². The van der Waals surface area contributed by atoms with Gasteiger partial charge in [0.25, 0.3) is 5.91 Å². The smallest absolute Gasteiger partial charge is 0.261 e. The first-order chi connectivity index (χ1) is 9.38. The summed E-state index contributed by atoms with van der Waals surface area (Å²) in [5.41, 5.74) is -0.575. The zero-order chi connectivity index (χ0) is 14.9. The van der Waals surface area contributed by atoms with Crippen LogP contribution in [0.2, 0.25) is 5.02 Å². The van der Waals surface area contributed by atoms with Gasteiger partial charge in [-0.1, -0.05) is 27.5 Å². The van der Waals surface area contributed by atoms with E-state index in [4.69, 9.17) is 11.6 Å². The van der Waals surface area contributed by atoms with E-state index < -0.39 is 23.1 Å². The first-order valence-corrected chi connectivity index (χ1v) is 6.50. The van der Waals surface area contributed by atoms with Gasteiger partial charge in [-0.15, -0.1) is 0 Å². The highest BCUT2D eigenvalue weighted by Crippen LogP contribution is 2.27. The van der Waals surface area contributed by atoms with Crippen molar-refractivity contribution in [2.24, 2.45) is 0 Å². The van der Waals surface area contributed by atoms with Crippen molar-refractivity contribution in [3.05, 3.63) is 57.0 Å². The number of hydrogen-bond acceptors (Lipinski definition) is 2. The Balaban J connectivity index is 2.33. The third kappa shape index (κ3) is 3.08. The van der Waals surface area contributed by atoms with Crippen LogP contribution in [-0.2, 0) is 0 Å². The Bertz CT molecular complexity index is 671. The summed E-state index contributed by atoms with van der Waals surface area (Å²) in [6.07, 6.45) is 0. The molecule has 7 heteroatoms. The van der Waals surface area contributed by atoms with Gasteiger partial charge < -0.3 is 10.4 Å². The fourth-order valence-electron chi connectivity index (χ4n) is 1.55. The van der Waals surface area contributed by atoms with Crippen LogP contribution < -0.4 is 5.32 Å². The third-order valence-corrected chi connectivity index (χ3v) is 3.21. The van der Waals surface area contributed by atoms with Crippen LogP contribution in [-0.4, -0.2) is 11.0 Å². The molecule has 2 aromatic rings. The van der Waals surface area contributed by atoms with Gasteiger partial charge in [0.05, 0.1) is 10.7 Å². The molecule has 0 aliphatic rings. The van der Waals surface area contributed by atoms with E-state index in [1.165, 1.54) is 18.2 Å². The van der Waals surface area contributed by atoms with Crippen LogP contribution in [0.1, 0.15) is 10.4 Å². The highest BCUT2D eigenvalue weighted by Gasteiger charge is 2.19. The second kappa shape index (κ2) is 5.76. The van der Waals surface area contributed by atoms with Crippen molar-refractivity contribution in [1.29, 1.82) is 0 Å². The zero-order valence-electron chi connectivity index (χ0n) is 9.75. The van der Waals surface area contributed by atoms with Crippen LogP contribution in [0.4, 0.5) is 14.5 Å². The minimum Gasteiger partial charge on any atom is -0.508 e. The number of halogens is 4. The van der Waals surface area contributed by atoms with Crippen LogP contribution in [0.5, 0.6) is 5.75 Å². The largest absolute Gasteiger partial charge is 0.508 e. The molecule has 0 radical (unpaired) electrons. The molecule has 0 bridgehead atoms. The molecule has 0 aliphatic carbocycles. The Morgan fingerprint density at radius 2 is 1.80 bits per heavy atom. The Labute approximate surface area is 126 Å². The minimum atomic E-state index is -0.996. The van der Waals surface area contributed by atoms with Crippen LogP contribution in [0.3, 0.4) is 0 Å². The van der Waals surface area contributed by atoms with Crippen LogP contribution >= 0.6 is 27.5 Å². The number of benzene rings is 2. The van der Waals surface area contributed by atoms with Gasteiger partial charge >= 0.3 is 0 Å². The fraction of sp³-hybridized carbons (Fsp3) is 0. The summed E-state index contributed by atoms with van der Waals surface area (Å²) in [4.78, 5) is 11.9. The maximum atomic E-state index is 13.6. The molecule has 0 fully saturated rings. The average molecular weight is 363 g/mol. The number of anilines is 1. The van der Waals surface area contributed by atoms with Crippen LogP contribution in [0.25, 0.3) is 0 Å². The number of aromatic hydroxyl groups is 1. The number of nitrogens with one attached hydrogen (secondary N) is 1. The van der Waals surface area contributed by atoms with Crippen molar-refractivity contribution in [2.45, 2.75) is 0 Å². The number of carbonyl (C=O) groups is 1. The molecule has 0 atom stereocenters. The summed E-state index contributed by atoms with van der Waals surface area (Å²) in [5, 5.41) is 11.5. The molecule has 3 nitrogen and oxygen atoms in total. The Morgan fingerprint density at radius 1 is 1.20 bits per heavy atom. The Morgan fingerprint density at radius 3 is 2.35 bits per heavy atom. The van der Waals surface area contributed by atoms with Gasteiger partial charge in [-0.05, 0) is 24.3 Å². The Hall–Kier alpha value is -1.66. The van der Waals surface area contributed by atoms with E-state index in [1.807, 2.05) is 0 Å². The SMILES string of the molecule is O=C(Nc1ccc(O)cc1Cl)c1c(F)cc(Br)cc1F. The van der Waals surface area contributed by atoms with Crippen molar-refractivity contribution >= 4 is 39.1 Å². The lowest BCUT2D eigenvalue weighted by atomic mass is 10.1. The molecule has 0 aliphatic heterocycles. The summed E-state index contributed by atoms with van der Waals surface area (Å²) in [6, 6.07) is 5.78. The minimum absolute atomic E-state index is 0.0521. The molecule has 0 heterocycles. The molecule has 2 rings (SSSR count). The number of rotatable bonds is 2. The number of carbonyl (C=O) groups excluding carboxylic acids is 1. The number of phenols is 1. The lowest BCUT2D eigenvalue weighted by molar-refractivity contribution is 0.101. The Kier molecular flexibility index (Phi) is 4.25. The summed E-state index contributed by atoms with van der Waals surface area (Å²) < 4.78 is 27.4. The molecule has 2 N–H and O–H groups in total. The predicted molar refractivity (Wildman–Crippen MR) is 75.1 cm³/mol. The molecule has 0 aromatic heterocycles. The van der Waals surface area contributed by atoms with Crippen molar-refractivity contribution in [2.75, 3.05) is 5.32 Å². The first-order valence-electron chi connectivity index (χ1n) is 5.33. The molecule has 104 valence electrons. The maximum absolute atomic E-state index is 13.6. The zero-order valence-corrected chi connectivity index (χ0v) is 12.1. The number of phenolic OH excluding ortho intramolecular Hbond substituents is 1. The molecule has 1 amide bonds. The van der Waals surface area contributed by atoms with Gasteiger partial charge in [0, 0.05) is 10.5 Å².